The van der Waals surface area contributed by atoms with Crippen molar-refractivity contribution in [3.63, 3.8) is 0 Å². The molecule has 1 atom stereocenters. The number of anilines is 1. The Morgan fingerprint density at radius 2 is 2.06 bits per heavy atom. The van der Waals surface area contributed by atoms with Gasteiger partial charge in [0.1, 0.15) is 0 Å². The van der Waals surface area contributed by atoms with Gasteiger partial charge in [-0.05, 0) is 32.4 Å². The summed E-state index contributed by atoms with van der Waals surface area (Å²) >= 11 is 0. The normalized spacial score (nSPS) is 11.7. The van der Waals surface area contributed by atoms with Crippen molar-refractivity contribution < 1.29 is 9.59 Å². The van der Waals surface area contributed by atoms with Crippen LogP contribution in [0, 0.1) is 0 Å². The molecule has 1 rings (SSSR count). The minimum atomic E-state index is -0.250. The van der Waals surface area contributed by atoms with Crippen molar-refractivity contribution in [3.8, 4) is 0 Å². The molecular weight excluding hydrogens is 216 g/mol. The van der Waals surface area contributed by atoms with Gasteiger partial charge in [-0.3, -0.25) is 4.79 Å². The molecule has 2 N–H and O–H groups in total. The average Bonchev–Trinajstić information content (AvgIpc) is 2.28. The number of carbonyl (C=O) groups excluding carboxylic acids is 2. The second kappa shape index (κ2) is 6.03. The van der Waals surface area contributed by atoms with Crippen LogP contribution in [0.1, 0.15) is 37.6 Å². The highest BCUT2D eigenvalue weighted by molar-refractivity contribution is 5.96. The van der Waals surface area contributed by atoms with Gasteiger partial charge in [-0.25, -0.2) is 4.79 Å². The van der Waals surface area contributed by atoms with Crippen LogP contribution in [-0.2, 0) is 0 Å². The minimum Gasteiger partial charge on any atom is -0.335 e. The monoisotopic (exact) mass is 234 g/mol. The smallest absolute Gasteiger partial charge is 0.319 e. The van der Waals surface area contributed by atoms with Crippen LogP contribution in [0.2, 0.25) is 0 Å². The van der Waals surface area contributed by atoms with E-state index in [0.717, 1.165) is 6.42 Å². The summed E-state index contributed by atoms with van der Waals surface area (Å²) in [6.45, 7) is 5.44. The standard InChI is InChI=1S/C13H18N2O2/c1-4-9(2)14-13(17)15-12-7-5-6-11(8-12)10(3)16/h5-9H,4H2,1-3H3,(H2,14,15,17)/t9-/m0/s1. The first-order valence-corrected chi connectivity index (χ1v) is 5.71. The molecule has 0 saturated carbocycles. The molecule has 4 nitrogen and oxygen atoms in total. The van der Waals surface area contributed by atoms with E-state index in [0.29, 0.717) is 11.3 Å². The molecule has 0 radical (unpaired) electrons. The lowest BCUT2D eigenvalue weighted by molar-refractivity contribution is 0.101. The van der Waals surface area contributed by atoms with Gasteiger partial charge < -0.3 is 10.6 Å². The number of Topliss-reactive ketones (excluding diaryl/α,β-unsaturated/α-hetero) is 1. The van der Waals surface area contributed by atoms with Crippen LogP contribution >= 0.6 is 0 Å². The fraction of sp³-hybridized carbons (Fsp3) is 0.385. The van der Waals surface area contributed by atoms with Crippen LogP contribution < -0.4 is 10.6 Å². The SMILES string of the molecule is CC[C@H](C)NC(=O)Nc1cccc(C(C)=O)c1. The zero-order valence-electron chi connectivity index (χ0n) is 10.4. The number of benzene rings is 1. The first kappa shape index (κ1) is 13.2. The van der Waals surface area contributed by atoms with Gasteiger partial charge in [-0.2, -0.15) is 0 Å². The van der Waals surface area contributed by atoms with Crippen molar-refractivity contribution in [2.24, 2.45) is 0 Å². The Kier molecular flexibility index (Phi) is 4.69. The summed E-state index contributed by atoms with van der Waals surface area (Å²) in [4.78, 5) is 22.7. The molecule has 0 aliphatic carbocycles. The van der Waals surface area contributed by atoms with E-state index in [4.69, 9.17) is 0 Å². The van der Waals surface area contributed by atoms with Gasteiger partial charge in [-0.15, -0.1) is 0 Å². The van der Waals surface area contributed by atoms with Crippen LogP contribution in [0.15, 0.2) is 24.3 Å². The maximum absolute atomic E-state index is 11.6. The molecule has 4 heteroatoms. The Morgan fingerprint density at radius 3 is 2.65 bits per heavy atom. The molecule has 17 heavy (non-hydrogen) atoms. The Hall–Kier alpha value is -1.84. The molecule has 0 aliphatic heterocycles. The third-order valence-electron chi connectivity index (χ3n) is 2.52. The highest BCUT2D eigenvalue weighted by Crippen LogP contribution is 2.11. The molecule has 0 aromatic heterocycles. The number of urea groups is 1. The summed E-state index contributed by atoms with van der Waals surface area (Å²) in [6, 6.07) is 6.77. The topological polar surface area (TPSA) is 58.2 Å². The third kappa shape index (κ3) is 4.26. The first-order chi connectivity index (χ1) is 8.02. The maximum Gasteiger partial charge on any atom is 0.319 e. The molecule has 92 valence electrons. The Bertz CT molecular complexity index is 416. The Balaban J connectivity index is 2.65. The second-order valence-electron chi connectivity index (χ2n) is 4.04. The largest absolute Gasteiger partial charge is 0.335 e. The van der Waals surface area contributed by atoms with Crippen LogP contribution in [0.5, 0.6) is 0 Å². The zero-order chi connectivity index (χ0) is 12.8. The highest BCUT2D eigenvalue weighted by atomic mass is 16.2. The molecule has 0 unspecified atom stereocenters. The Labute approximate surface area is 101 Å². The van der Waals surface area contributed by atoms with Crippen LogP contribution in [-0.4, -0.2) is 17.9 Å². The van der Waals surface area contributed by atoms with Crippen molar-refractivity contribution >= 4 is 17.5 Å². The van der Waals surface area contributed by atoms with Crippen molar-refractivity contribution in [3.05, 3.63) is 29.8 Å². The van der Waals surface area contributed by atoms with E-state index in [1.165, 1.54) is 6.92 Å². The van der Waals surface area contributed by atoms with Crippen molar-refractivity contribution in [2.45, 2.75) is 33.2 Å². The van der Waals surface area contributed by atoms with Crippen LogP contribution in [0.3, 0.4) is 0 Å². The molecule has 0 saturated heterocycles. The van der Waals surface area contributed by atoms with Gasteiger partial charge in [0.15, 0.2) is 5.78 Å². The summed E-state index contributed by atoms with van der Waals surface area (Å²) in [6.07, 6.45) is 0.876. The van der Waals surface area contributed by atoms with Crippen molar-refractivity contribution in [2.75, 3.05) is 5.32 Å². The fourth-order valence-corrected chi connectivity index (χ4v) is 1.31. The molecular formula is C13H18N2O2. The minimum absolute atomic E-state index is 0.0176. The quantitative estimate of drug-likeness (QED) is 0.787. The van der Waals surface area contributed by atoms with E-state index in [9.17, 15) is 9.59 Å². The lowest BCUT2D eigenvalue weighted by atomic mass is 10.1. The molecule has 2 amide bonds. The molecule has 0 heterocycles. The summed E-state index contributed by atoms with van der Waals surface area (Å²) in [5, 5.41) is 5.49. The summed E-state index contributed by atoms with van der Waals surface area (Å²) < 4.78 is 0. The number of carbonyl (C=O) groups is 2. The summed E-state index contributed by atoms with van der Waals surface area (Å²) in [7, 11) is 0. The van der Waals surface area contributed by atoms with Gasteiger partial charge in [0.2, 0.25) is 0 Å². The summed E-state index contributed by atoms with van der Waals surface area (Å²) in [5.41, 5.74) is 1.21. The third-order valence-corrected chi connectivity index (χ3v) is 2.52. The number of rotatable bonds is 4. The number of nitrogens with one attached hydrogen (secondary N) is 2. The van der Waals surface area contributed by atoms with E-state index in [-0.39, 0.29) is 17.9 Å². The van der Waals surface area contributed by atoms with E-state index < -0.39 is 0 Å². The number of ketones is 1. The van der Waals surface area contributed by atoms with E-state index >= 15 is 0 Å². The molecule has 1 aromatic rings. The molecule has 0 bridgehead atoms. The van der Waals surface area contributed by atoms with Gasteiger partial charge in [0, 0.05) is 17.3 Å². The second-order valence-corrected chi connectivity index (χ2v) is 4.04. The highest BCUT2D eigenvalue weighted by Gasteiger charge is 2.06. The number of amides is 2. The molecule has 0 fully saturated rings. The van der Waals surface area contributed by atoms with E-state index in [1.54, 1.807) is 24.3 Å². The van der Waals surface area contributed by atoms with Gasteiger partial charge >= 0.3 is 6.03 Å². The predicted octanol–water partition coefficient (Wildman–Crippen LogP) is 2.81. The van der Waals surface area contributed by atoms with Crippen molar-refractivity contribution in [1.82, 2.24) is 5.32 Å². The van der Waals surface area contributed by atoms with Gasteiger partial charge in [-0.1, -0.05) is 19.1 Å². The van der Waals surface area contributed by atoms with Crippen LogP contribution in [0.4, 0.5) is 10.5 Å². The first-order valence-electron chi connectivity index (χ1n) is 5.71. The molecule has 0 aliphatic rings. The van der Waals surface area contributed by atoms with E-state index in [1.807, 2.05) is 13.8 Å². The molecule has 0 spiro atoms. The van der Waals surface area contributed by atoms with Crippen molar-refractivity contribution in [1.29, 1.82) is 0 Å². The summed E-state index contributed by atoms with van der Waals surface area (Å²) in [5.74, 6) is -0.0176. The number of hydrogen-bond acceptors (Lipinski definition) is 2. The average molecular weight is 234 g/mol. The van der Waals surface area contributed by atoms with Crippen LogP contribution in [0.25, 0.3) is 0 Å². The number of hydrogen-bond donors (Lipinski definition) is 2. The maximum atomic E-state index is 11.6. The van der Waals surface area contributed by atoms with Gasteiger partial charge in [0.05, 0.1) is 0 Å². The van der Waals surface area contributed by atoms with Gasteiger partial charge in [0.25, 0.3) is 0 Å². The van der Waals surface area contributed by atoms with E-state index in [2.05, 4.69) is 10.6 Å². The predicted molar refractivity (Wildman–Crippen MR) is 68.4 cm³/mol. The zero-order valence-corrected chi connectivity index (χ0v) is 10.4. The fourth-order valence-electron chi connectivity index (χ4n) is 1.31. The Morgan fingerprint density at radius 1 is 1.35 bits per heavy atom. The lowest BCUT2D eigenvalue weighted by Crippen LogP contribution is -2.35. The molecule has 1 aromatic carbocycles. The lowest BCUT2D eigenvalue weighted by Gasteiger charge is -2.12.